The van der Waals surface area contributed by atoms with E-state index in [4.69, 9.17) is 4.99 Å². The maximum atomic E-state index is 13.7. The Labute approximate surface area is 146 Å². The molecule has 0 bridgehead atoms. The van der Waals surface area contributed by atoms with Crippen molar-refractivity contribution in [3.8, 4) is 0 Å². The van der Waals surface area contributed by atoms with E-state index in [2.05, 4.69) is 41.1 Å². The van der Waals surface area contributed by atoms with Gasteiger partial charge in [0.1, 0.15) is 11.7 Å². The predicted molar refractivity (Wildman–Crippen MR) is 97.6 cm³/mol. The van der Waals surface area contributed by atoms with E-state index in [1.54, 1.807) is 6.07 Å². The first-order valence-electron chi connectivity index (χ1n) is 8.69. The summed E-state index contributed by atoms with van der Waals surface area (Å²) in [7, 11) is 2.13. The molecule has 4 rings (SSSR count). The maximum absolute atomic E-state index is 13.7. The van der Waals surface area contributed by atoms with Crippen LogP contribution in [0.2, 0.25) is 0 Å². The summed E-state index contributed by atoms with van der Waals surface area (Å²) in [6, 6.07) is 4.90. The standard InChI is InChI=1S/C18H23FN6/c1-12(2)25-11-14-17(22-25)20-15-5-4-13(19)10-16(15)21-18(14)24-8-6-23(3)7-9-24/h4-5,10-12H,6-9H2,1-3H3,(H,20,22). The van der Waals surface area contributed by atoms with Gasteiger partial charge in [0.05, 0.1) is 16.9 Å². The smallest absolute Gasteiger partial charge is 0.163 e. The summed E-state index contributed by atoms with van der Waals surface area (Å²) >= 11 is 0. The number of likely N-dealkylation sites (N-methyl/N-ethyl adjacent to an activating group) is 1. The summed E-state index contributed by atoms with van der Waals surface area (Å²) in [6.07, 6.45) is 2.03. The highest BCUT2D eigenvalue weighted by molar-refractivity contribution is 6.06. The van der Waals surface area contributed by atoms with E-state index < -0.39 is 0 Å². The second kappa shape index (κ2) is 6.15. The Morgan fingerprint density at radius 2 is 1.92 bits per heavy atom. The van der Waals surface area contributed by atoms with Crippen LogP contribution in [0.3, 0.4) is 0 Å². The fraction of sp³-hybridized carbons (Fsp3) is 0.444. The average molecular weight is 342 g/mol. The molecular weight excluding hydrogens is 319 g/mol. The van der Waals surface area contributed by atoms with Gasteiger partial charge in [-0.3, -0.25) is 4.68 Å². The number of halogens is 1. The average Bonchev–Trinajstić information content (AvgIpc) is 2.94. The summed E-state index contributed by atoms with van der Waals surface area (Å²) < 4.78 is 15.7. The van der Waals surface area contributed by atoms with E-state index >= 15 is 0 Å². The van der Waals surface area contributed by atoms with Gasteiger partial charge in [-0.05, 0) is 33.0 Å². The molecule has 25 heavy (non-hydrogen) atoms. The zero-order chi connectivity index (χ0) is 17.6. The van der Waals surface area contributed by atoms with Crippen LogP contribution in [0.25, 0.3) is 0 Å². The lowest BCUT2D eigenvalue weighted by atomic mass is 10.2. The van der Waals surface area contributed by atoms with Crippen LogP contribution in [0.15, 0.2) is 29.4 Å². The number of hydrogen-bond donors (Lipinski definition) is 1. The minimum atomic E-state index is -0.284. The molecule has 132 valence electrons. The van der Waals surface area contributed by atoms with Crippen LogP contribution in [0.4, 0.5) is 21.6 Å². The summed E-state index contributed by atoms with van der Waals surface area (Å²) in [5.74, 6) is 1.36. The molecule has 0 aliphatic carbocycles. The van der Waals surface area contributed by atoms with E-state index in [-0.39, 0.29) is 11.9 Å². The Hall–Kier alpha value is -2.41. The number of aliphatic imine (C=N–C) groups is 1. The first-order chi connectivity index (χ1) is 12.0. The van der Waals surface area contributed by atoms with Crippen molar-refractivity contribution < 1.29 is 4.39 Å². The number of nitrogens with one attached hydrogen (secondary N) is 1. The number of aromatic nitrogens is 2. The molecule has 0 saturated carbocycles. The number of nitrogens with zero attached hydrogens (tertiary/aromatic N) is 5. The summed E-state index contributed by atoms with van der Waals surface area (Å²) in [5, 5.41) is 8.02. The van der Waals surface area contributed by atoms with Crippen molar-refractivity contribution in [2.24, 2.45) is 4.99 Å². The van der Waals surface area contributed by atoms with E-state index in [1.165, 1.54) is 12.1 Å². The van der Waals surface area contributed by atoms with E-state index in [9.17, 15) is 4.39 Å². The Morgan fingerprint density at radius 1 is 1.16 bits per heavy atom. The highest BCUT2D eigenvalue weighted by atomic mass is 19.1. The van der Waals surface area contributed by atoms with Crippen molar-refractivity contribution in [2.75, 3.05) is 38.5 Å². The van der Waals surface area contributed by atoms with Crippen molar-refractivity contribution >= 4 is 23.0 Å². The molecule has 1 aromatic heterocycles. The van der Waals surface area contributed by atoms with Crippen LogP contribution < -0.4 is 5.32 Å². The van der Waals surface area contributed by atoms with E-state index in [0.29, 0.717) is 5.69 Å². The number of fused-ring (bicyclic) bond motifs is 2. The largest absolute Gasteiger partial charge is 0.353 e. The fourth-order valence-corrected chi connectivity index (χ4v) is 3.18. The molecule has 6 nitrogen and oxygen atoms in total. The Bertz CT molecular complexity index is 817. The van der Waals surface area contributed by atoms with Crippen LogP contribution in [-0.2, 0) is 0 Å². The molecule has 0 radical (unpaired) electrons. The highest BCUT2D eigenvalue weighted by Crippen LogP contribution is 2.35. The van der Waals surface area contributed by atoms with E-state index in [0.717, 1.165) is 49.1 Å². The normalized spacial score (nSPS) is 17.6. The lowest BCUT2D eigenvalue weighted by molar-refractivity contribution is 0.216. The molecule has 0 unspecified atom stereocenters. The van der Waals surface area contributed by atoms with Crippen molar-refractivity contribution in [1.82, 2.24) is 19.6 Å². The van der Waals surface area contributed by atoms with Crippen LogP contribution in [0, 0.1) is 5.82 Å². The molecule has 0 amide bonds. The van der Waals surface area contributed by atoms with Crippen LogP contribution >= 0.6 is 0 Å². The van der Waals surface area contributed by atoms with Crippen LogP contribution in [0.1, 0.15) is 25.5 Å². The Kier molecular flexibility index (Phi) is 3.95. The van der Waals surface area contributed by atoms with Crippen LogP contribution in [0.5, 0.6) is 0 Å². The highest BCUT2D eigenvalue weighted by Gasteiger charge is 2.26. The second-order valence-electron chi connectivity index (χ2n) is 6.98. The van der Waals surface area contributed by atoms with Crippen molar-refractivity contribution in [3.63, 3.8) is 0 Å². The molecule has 1 fully saturated rings. The van der Waals surface area contributed by atoms with Gasteiger partial charge in [-0.1, -0.05) is 0 Å². The minimum absolute atomic E-state index is 0.259. The minimum Gasteiger partial charge on any atom is -0.353 e. The van der Waals surface area contributed by atoms with Gasteiger partial charge in [-0.2, -0.15) is 5.10 Å². The zero-order valence-electron chi connectivity index (χ0n) is 14.8. The third-order valence-corrected chi connectivity index (χ3v) is 4.74. The van der Waals surface area contributed by atoms with Crippen molar-refractivity contribution in [1.29, 1.82) is 0 Å². The molecule has 2 aromatic rings. The van der Waals surface area contributed by atoms with Gasteiger partial charge in [0, 0.05) is 44.5 Å². The molecule has 0 spiro atoms. The lowest BCUT2D eigenvalue weighted by Crippen LogP contribution is -2.47. The molecular formula is C18H23FN6. The Morgan fingerprint density at radius 3 is 2.64 bits per heavy atom. The molecule has 1 aromatic carbocycles. The summed E-state index contributed by atoms with van der Waals surface area (Å²) in [4.78, 5) is 9.41. The van der Waals surface area contributed by atoms with Crippen molar-refractivity contribution in [3.05, 3.63) is 35.8 Å². The van der Waals surface area contributed by atoms with Gasteiger partial charge in [0.25, 0.3) is 0 Å². The zero-order valence-corrected chi connectivity index (χ0v) is 14.8. The number of rotatable bonds is 1. The fourth-order valence-electron chi connectivity index (χ4n) is 3.18. The topological polar surface area (TPSA) is 48.7 Å². The summed E-state index contributed by atoms with van der Waals surface area (Å²) in [5.41, 5.74) is 2.36. The van der Waals surface area contributed by atoms with Gasteiger partial charge in [0.2, 0.25) is 0 Å². The molecule has 1 N–H and O–H groups in total. The maximum Gasteiger partial charge on any atom is 0.163 e. The van der Waals surface area contributed by atoms with Gasteiger partial charge < -0.3 is 15.1 Å². The molecule has 7 heteroatoms. The Balaban J connectivity index is 1.82. The molecule has 2 aliphatic heterocycles. The molecule has 0 atom stereocenters. The molecule has 2 aliphatic rings. The van der Waals surface area contributed by atoms with Crippen molar-refractivity contribution in [2.45, 2.75) is 19.9 Å². The third kappa shape index (κ3) is 3.00. The summed E-state index contributed by atoms with van der Waals surface area (Å²) in [6.45, 7) is 7.95. The van der Waals surface area contributed by atoms with Gasteiger partial charge >= 0.3 is 0 Å². The SMILES string of the molecule is CC(C)n1cc2c(n1)Nc1ccc(F)cc1N=C2N1CCN(C)CC1. The molecule has 1 saturated heterocycles. The van der Waals surface area contributed by atoms with Crippen LogP contribution in [-0.4, -0.2) is 58.6 Å². The second-order valence-corrected chi connectivity index (χ2v) is 6.98. The first kappa shape index (κ1) is 16.1. The monoisotopic (exact) mass is 342 g/mol. The number of hydrogen-bond acceptors (Lipinski definition) is 5. The number of amidine groups is 1. The van der Waals surface area contributed by atoms with Gasteiger partial charge in [-0.25, -0.2) is 9.38 Å². The predicted octanol–water partition coefficient (Wildman–Crippen LogP) is 2.99. The van der Waals surface area contributed by atoms with E-state index in [1.807, 2.05) is 10.9 Å². The number of anilines is 2. The number of piperazine rings is 1. The van der Waals surface area contributed by atoms with Gasteiger partial charge in [-0.15, -0.1) is 0 Å². The number of benzene rings is 1. The van der Waals surface area contributed by atoms with Gasteiger partial charge in [0.15, 0.2) is 5.82 Å². The molecule has 3 heterocycles. The lowest BCUT2D eigenvalue weighted by Gasteiger charge is -2.34. The quantitative estimate of drug-likeness (QED) is 0.866. The first-order valence-corrected chi connectivity index (χ1v) is 8.69. The third-order valence-electron chi connectivity index (χ3n) is 4.74.